The highest BCUT2D eigenvalue weighted by atomic mass is 19.1. The van der Waals surface area contributed by atoms with Crippen molar-refractivity contribution in [2.24, 2.45) is 11.5 Å². The van der Waals surface area contributed by atoms with Crippen LogP contribution in [0.15, 0.2) is 73.0 Å². The van der Waals surface area contributed by atoms with Gasteiger partial charge in [-0.05, 0) is 17.7 Å². The number of aromatic nitrogens is 1. The quantitative estimate of drug-likeness (QED) is 0.914. The molecular formula is C18H18FN3. The van der Waals surface area contributed by atoms with E-state index in [1.54, 1.807) is 6.07 Å². The zero-order chi connectivity index (χ0) is 15.6. The van der Waals surface area contributed by atoms with Gasteiger partial charge in [0.25, 0.3) is 0 Å². The predicted molar refractivity (Wildman–Crippen MR) is 85.7 cm³/mol. The molecule has 3 nitrogen and oxygen atoms in total. The summed E-state index contributed by atoms with van der Waals surface area (Å²) in [4.78, 5) is 4.24. The molecule has 0 radical (unpaired) electrons. The Balaban J connectivity index is 2.13. The van der Waals surface area contributed by atoms with Crippen molar-refractivity contribution in [3.05, 3.63) is 90.0 Å². The third-order valence-electron chi connectivity index (χ3n) is 4.07. The van der Waals surface area contributed by atoms with Crippen LogP contribution in [-0.2, 0) is 0 Å². The Bertz CT molecular complexity index is 694. The highest BCUT2D eigenvalue weighted by Crippen LogP contribution is 2.36. The summed E-state index contributed by atoms with van der Waals surface area (Å²) in [7, 11) is 0. The largest absolute Gasteiger partial charge is 0.323 e. The minimum Gasteiger partial charge on any atom is -0.323 e. The smallest absolute Gasteiger partial charge is 0.141 e. The molecule has 4 N–H and O–H groups in total. The summed E-state index contributed by atoms with van der Waals surface area (Å²) < 4.78 is 13.2. The van der Waals surface area contributed by atoms with Crippen molar-refractivity contribution in [3.8, 4) is 0 Å². The lowest BCUT2D eigenvalue weighted by Gasteiger charge is -2.40. The molecule has 1 aromatic heterocycles. The van der Waals surface area contributed by atoms with E-state index in [-0.39, 0.29) is 17.8 Å². The normalized spacial score (nSPS) is 25.1. The first-order valence-corrected chi connectivity index (χ1v) is 7.18. The van der Waals surface area contributed by atoms with E-state index in [9.17, 15) is 4.39 Å². The maximum Gasteiger partial charge on any atom is 0.141 e. The molecule has 1 heterocycles. The van der Waals surface area contributed by atoms with Gasteiger partial charge in [-0.1, -0.05) is 54.6 Å². The van der Waals surface area contributed by atoms with Gasteiger partial charge in [-0.3, -0.25) is 4.98 Å². The first-order valence-electron chi connectivity index (χ1n) is 7.18. The molecule has 1 aromatic carbocycles. The van der Waals surface area contributed by atoms with Crippen LogP contribution < -0.4 is 11.5 Å². The number of halogens is 1. The molecule has 3 unspecified atom stereocenters. The van der Waals surface area contributed by atoms with Gasteiger partial charge in [-0.15, -0.1) is 0 Å². The summed E-state index contributed by atoms with van der Waals surface area (Å²) in [6.45, 7) is 0. The second kappa shape index (κ2) is 5.83. The van der Waals surface area contributed by atoms with E-state index in [2.05, 4.69) is 4.98 Å². The topological polar surface area (TPSA) is 64.9 Å². The van der Waals surface area contributed by atoms with Crippen LogP contribution in [0.4, 0.5) is 4.39 Å². The maximum absolute atomic E-state index is 13.2. The number of nitrogens with two attached hydrogens (primary N) is 2. The molecule has 1 aliphatic carbocycles. The van der Waals surface area contributed by atoms with E-state index >= 15 is 0 Å². The third kappa shape index (κ3) is 2.58. The molecule has 0 saturated heterocycles. The highest BCUT2D eigenvalue weighted by Gasteiger charge is 2.40. The number of pyridine rings is 1. The van der Waals surface area contributed by atoms with Crippen LogP contribution in [0.3, 0.4) is 0 Å². The van der Waals surface area contributed by atoms with E-state index in [0.717, 1.165) is 5.56 Å². The van der Waals surface area contributed by atoms with Crippen LogP contribution in [0.1, 0.15) is 17.2 Å². The molecule has 0 saturated carbocycles. The standard InChI is InChI=1S/C18H18FN3/c19-14-9-10-15(22-12-14)17(13-6-2-1-3-7-13)18(21)11-5-4-8-16(18)20/h1-12,16-17H,20-21H2. The van der Waals surface area contributed by atoms with Crippen LogP contribution in [0.25, 0.3) is 0 Å². The Hall–Kier alpha value is -2.30. The molecule has 22 heavy (non-hydrogen) atoms. The van der Waals surface area contributed by atoms with E-state index in [1.165, 1.54) is 12.3 Å². The molecule has 3 atom stereocenters. The van der Waals surface area contributed by atoms with Gasteiger partial charge in [-0.2, -0.15) is 0 Å². The number of rotatable bonds is 3. The first kappa shape index (κ1) is 14.6. The summed E-state index contributed by atoms with van der Waals surface area (Å²) >= 11 is 0. The summed E-state index contributed by atoms with van der Waals surface area (Å²) in [6.07, 6.45) is 8.76. The molecule has 0 fully saturated rings. The van der Waals surface area contributed by atoms with Crippen LogP contribution in [0, 0.1) is 5.82 Å². The van der Waals surface area contributed by atoms with Crippen molar-refractivity contribution < 1.29 is 4.39 Å². The van der Waals surface area contributed by atoms with Gasteiger partial charge in [0.1, 0.15) is 5.82 Å². The van der Waals surface area contributed by atoms with Crippen LogP contribution >= 0.6 is 0 Å². The summed E-state index contributed by atoms with van der Waals surface area (Å²) in [5, 5.41) is 0. The minimum atomic E-state index is -0.819. The van der Waals surface area contributed by atoms with Gasteiger partial charge < -0.3 is 11.5 Å². The van der Waals surface area contributed by atoms with Crippen LogP contribution in [0.5, 0.6) is 0 Å². The minimum absolute atomic E-state index is 0.259. The van der Waals surface area contributed by atoms with Crippen molar-refractivity contribution in [3.63, 3.8) is 0 Å². The maximum atomic E-state index is 13.2. The van der Waals surface area contributed by atoms with Gasteiger partial charge in [0.05, 0.1) is 17.4 Å². The molecule has 4 heteroatoms. The summed E-state index contributed by atoms with van der Waals surface area (Å²) in [5.41, 5.74) is 13.8. The molecule has 2 aromatic rings. The first-order chi connectivity index (χ1) is 10.6. The van der Waals surface area contributed by atoms with Gasteiger partial charge in [0.2, 0.25) is 0 Å². The van der Waals surface area contributed by atoms with E-state index in [1.807, 2.05) is 54.6 Å². The lowest BCUT2D eigenvalue weighted by molar-refractivity contribution is 0.413. The predicted octanol–water partition coefficient (Wildman–Crippen LogP) is 2.50. The molecule has 112 valence electrons. The van der Waals surface area contributed by atoms with Crippen LogP contribution in [0.2, 0.25) is 0 Å². The lowest BCUT2D eigenvalue weighted by atomic mass is 9.71. The molecule has 0 bridgehead atoms. The monoisotopic (exact) mass is 295 g/mol. The van der Waals surface area contributed by atoms with E-state index < -0.39 is 5.54 Å². The SMILES string of the molecule is NC1C=CC=CC1(N)C(c1ccccc1)c1ccc(F)cn1. The zero-order valence-electron chi connectivity index (χ0n) is 12.1. The average molecular weight is 295 g/mol. The van der Waals surface area contributed by atoms with Crippen molar-refractivity contribution in [2.75, 3.05) is 0 Å². The fraction of sp³-hybridized carbons (Fsp3) is 0.167. The number of nitrogens with zero attached hydrogens (tertiary/aromatic N) is 1. The average Bonchev–Trinajstić information content (AvgIpc) is 2.54. The molecule has 1 aliphatic rings. The van der Waals surface area contributed by atoms with Gasteiger partial charge in [-0.25, -0.2) is 4.39 Å². The Kier molecular flexibility index (Phi) is 3.88. The fourth-order valence-corrected chi connectivity index (χ4v) is 2.89. The molecule has 0 amide bonds. The molecule has 3 rings (SSSR count). The Labute approximate surface area is 129 Å². The van der Waals surface area contributed by atoms with Gasteiger partial charge in [0, 0.05) is 12.0 Å². The second-order valence-electron chi connectivity index (χ2n) is 5.51. The Morgan fingerprint density at radius 1 is 1.09 bits per heavy atom. The highest BCUT2D eigenvalue weighted by molar-refractivity contribution is 5.41. The lowest BCUT2D eigenvalue weighted by Crippen LogP contribution is -2.58. The summed E-state index contributed by atoms with van der Waals surface area (Å²) in [5.74, 6) is -0.629. The fourth-order valence-electron chi connectivity index (χ4n) is 2.89. The number of hydrogen-bond acceptors (Lipinski definition) is 3. The number of benzene rings is 1. The van der Waals surface area contributed by atoms with Crippen molar-refractivity contribution in [2.45, 2.75) is 17.5 Å². The summed E-state index contributed by atoms with van der Waals surface area (Å²) in [6, 6.07) is 12.5. The molecule has 0 aliphatic heterocycles. The van der Waals surface area contributed by atoms with Crippen molar-refractivity contribution >= 4 is 0 Å². The van der Waals surface area contributed by atoms with Gasteiger partial charge in [0.15, 0.2) is 0 Å². The third-order valence-corrected chi connectivity index (χ3v) is 4.07. The molecule has 0 spiro atoms. The van der Waals surface area contributed by atoms with Crippen molar-refractivity contribution in [1.82, 2.24) is 4.98 Å². The second-order valence-corrected chi connectivity index (χ2v) is 5.51. The van der Waals surface area contributed by atoms with Gasteiger partial charge >= 0.3 is 0 Å². The number of hydrogen-bond donors (Lipinski definition) is 2. The van der Waals surface area contributed by atoms with E-state index in [4.69, 9.17) is 11.5 Å². The Morgan fingerprint density at radius 3 is 2.50 bits per heavy atom. The van der Waals surface area contributed by atoms with Crippen molar-refractivity contribution in [1.29, 1.82) is 0 Å². The van der Waals surface area contributed by atoms with Crippen LogP contribution in [-0.4, -0.2) is 16.6 Å². The Morgan fingerprint density at radius 2 is 1.86 bits per heavy atom. The van der Waals surface area contributed by atoms with E-state index in [0.29, 0.717) is 5.69 Å². The molecular weight excluding hydrogens is 277 g/mol. The number of allylic oxidation sites excluding steroid dienone is 2. The zero-order valence-corrected chi connectivity index (χ0v) is 12.1.